The van der Waals surface area contributed by atoms with Gasteiger partial charge in [0, 0.05) is 62.6 Å². The van der Waals surface area contributed by atoms with Gasteiger partial charge in [-0.15, -0.1) is 22.7 Å². The standard InChI is InChI=1S/C51H31N3S2/c1-3-12-32(13-4-1)33-22-24-35(25-23-33)50-52-49(34-14-5-2-6-15-34)53-51(54-50)37-26-28-41-43-20-11-19-42(48(43)56-47(41)31-37)39-17-8-7-16-38(39)36-27-29-46-44(30-36)40-18-9-10-21-45(40)55-46/h1-31H. The third kappa shape index (κ3) is 5.68. The topological polar surface area (TPSA) is 38.7 Å². The Hall–Kier alpha value is -6.79. The van der Waals surface area contributed by atoms with Crippen molar-refractivity contribution in [3.05, 3.63) is 188 Å². The van der Waals surface area contributed by atoms with E-state index < -0.39 is 0 Å². The van der Waals surface area contributed by atoms with Gasteiger partial charge in [0.2, 0.25) is 0 Å². The summed E-state index contributed by atoms with van der Waals surface area (Å²) in [5, 5.41) is 5.11. The van der Waals surface area contributed by atoms with Crippen LogP contribution < -0.4 is 0 Å². The fraction of sp³-hybridized carbons (Fsp3) is 0. The summed E-state index contributed by atoms with van der Waals surface area (Å²) in [6.45, 7) is 0. The zero-order valence-electron chi connectivity index (χ0n) is 30.1. The van der Waals surface area contributed by atoms with Crippen molar-refractivity contribution in [3.8, 4) is 67.5 Å². The molecule has 0 atom stereocenters. The maximum Gasteiger partial charge on any atom is 0.164 e. The largest absolute Gasteiger partial charge is 0.208 e. The lowest BCUT2D eigenvalue weighted by molar-refractivity contribution is 1.07. The lowest BCUT2D eigenvalue weighted by atomic mass is 9.93. The molecular weight excluding hydrogens is 719 g/mol. The van der Waals surface area contributed by atoms with E-state index in [9.17, 15) is 0 Å². The second-order valence-electron chi connectivity index (χ2n) is 14.0. The van der Waals surface area contributed by atoms with Crippen molar-refractivity contribution < 1.29 is 0 Å². The minimum absolute atomic E-state index is 0.650. The fourth-order valence-electron chi connectivity index (χ4n) is 7.81. The van der Waals surface area contributed by atoms with E-state index in [0.29, 0.717) is 17.5 Å². The van der Waals surface area contributed by atoms with Crippen molar-refractivity contribution in [1.29, 1.82) is 0 Å². The Bertz CT molecular complexity index is 3240. The van der Waals surface area contributed by atoms with E-state index in [1.165, 1.54) is 68.2 Å². The third-order valence-corrected chi connectivity index (χ3v) is 12.9. The molecule has 0 unspecified atom stereocenters. The summed E-state index contributed by atoms with van der Waals surface area (Å²) in [5.74, 6) is 1.96. The van der Waals surface area contributed by atoms with E-state index in [1.807, 2.05) is 46.9 Å². The van der Waals surface area contributed by atoms with Crippen LogP contribution in [0.4, 0.5) is 0 Å². The number of thiophene rings is 2. The molecule has 0 amide bonds. The highest BCUT2D eigenvalue weighted by molar-refractivity contribution is 7.26. The predicted molar refractivity (Wildman–Crippen MR) is 238 cm³/mol. The highest BCUT2D eigenvalue weighted by atomic mass is 32.1. The van der Waals surface area contributed by atoms with Gasteiger partial charge in [-0.1, -0.05) is 164 Å². The normalized spacial score (nSPS) is 11.6. The number of rotatable bonds is 6. The molecule has 8 aromatic carbocycles. The van der Waals surface area contributed by atoms with Crippen LogP contribution in [0.15, 0.2) is 188 Å². The smallest absolute Gasteiger partial charge is 0.164 e. The first-order valence-corrected chi connectivity index (χ1v) is 20.3. The van der Waals surface area contributed by atoms with Crippen molar-refractivity contribution in [2.75, 3.05) is 0 Å². The molecule has 262 valence electrons. The zero-order chi connectivity index (χ0) is 37.0. The predicted octanol–water partition coefficient (Wildman–Crippen LogP) is 14.6. The summed E-state index contributed by atoms with van der Waals surface area (Å²) < 4.78 is 5.11. The van der Waals surface area contributed by atoms with Gasteiger partial charge in [0.15, 0.2) is 17.5 Å². The van der Waals surface area contributed by atoms with Crippen LogP contribution in [-0.4, -0.2) is 15.0 Å². The van der Waals surface area contributed by atoms with Crippen molar-refractivity contribution >= 4 is 63.0 Å². The maximum atomic E-state index is 5.09. The highest BCUT2D eigenvalue weighted by Crippen LogP contribution is 2.45. The van der Waals surface area contributed by atoms with E-state index in [0.717, 1.165) is 22.3 Å². The van der Waals surface area contributed by atoms with Crippen LogP contribution in [-0.2, 0) is 0 Å². The summed E-state index contributed by atoms with van der Waals surface area (Å²) in [5.41, 5.74) is 10.1. The molecule has 0 saturated carbocycles. The number of nitrogens with zero attached hydrogens (tertiary/aromatic N) is 3. The second kappa shape index (κ2) is 13.5. The van der Waals surface area contributed by atoms with Crippen LogP contribution >= 0.6 is 22.7 Å². The monoisotopic (exact) mass is 749 g/mol. The van der Waals surface area contributed by atoms with Crippen LogP contribution in [0.25, 0.3) is 108 Å². The van der Waals surface area contributed by atoms with E-state index in [-0.39, 0.29) is 0 Å². The Labute approximate surface area is 331 Å². The molecule has 3 heterocycles. The highest BCUT2D eigenvalue weighted by Gasteiger charge is 2.17. The van der Waals surface area contributed by atoms with Gasteiger partial charge in [-0.3, -0.25) is 0 Å². The Morgan fingerprint density at radius 1 is 0.268 bits per heavy atom. The van der Waals surface area contributed by atoms with Crippen molar-refractivity contribution in [3.63, 3.8) is 0 Å². The van der Waals surface area contributed by atoms with Gasteiger partial charge in [0.25, 0.3) is 0 Å². The number of benzene rings is 8. The summed E-state index contributed by atoms with van der Waals surface area (Å²) in [6.07, 6.45) is 0. The molecule has 5 heteroatoms. The van der Waals surface area contributed by atoms with Gasteiger partial charge in [0.05, 0.1) is 0 Å². The Balaban J connectivity index is 1.02. The number of fused-ring (bicyclic) bond motifs is 6. The fourth-order valence-corrected chi connectivity index (χ4v) is 10.2. The number of aromatic nitrogens is 3. The van der Waals surface area contributed by atoms with Crippen molar-refractivity contribution in [1.82, 2.24) is 15.0 Å². The van der Waals surface area contributed by atoms with E-state index in [2.05, 4.69) is 164 Å². The van der Waals surface area contributed by atoms with Crippen LogP contribution in [0, 0.1) is 0 Å². The first kappa shape index (κ1) is 32.6. The summed E-state index contributed by atoms with van der Waals surface area (Å²) >= 11 is 3.69. The number of hydrogen-bond acceptors (Lipinski definition) is 5. The first-order valence-electron chi connectivity index (χ1n) is 18.7. The zero-order valence-corrected chi connectivity index (χ0v) is 31.7. The number of hydrogen-bond donors (Lipinski definition) is 0. The Kier molecular flexibility index (Phi) is 7.87. The second-order valence-corrected chi connectivity index (χ2v) is 16.1. The summed E-state index contributed by atoms with van der Waals surface area (Å²) in [4.78, 5) is 15.1. The summed E-state index contributed by atoms with van der Waals surface area (Å²) in [7, 11) is 0. The molecule has 0 aliphatic carbocycles. The molecule has 11 rings (SSSR count). The van der Waals surface area contributed by atoms with Crippen molar-refractivity contribution in [2.24, 2.45) is 0 Å². The Morgan fingerprint density at radius 2 is 0.786 bits per heavy atom. The quantitative estimate of drug-likeness (QED) is 0.170. The molecule has 0 aliphatic heterocycles. The molecule has 0 radical (unpaired) electrons. The van der Waals surface area contributed by atoms with Gasteiger partial charge in [-0.2, -0.15) is 0 Å². The molecule has 0 aliphatic rings. The van der Waals surface area contributed by atoms with Crippen LogP contribution in [0.3, 0.4) is 0 Å². The lowest BCUT2D eigenvalue weighted by Gasteiger charge is -2.11. The van der Waals surface area contributed by atoms with Gasteiger partial charge in [-0.25, -0.2) is 15.0 Å². The lowest BCUT2D eigenvalue weighted by Crippen LogP contribution is -2.00. The van der Waals surface area contributed by atoms with E-state index >= 15 is 0 Å². The van der Waals surface area contributed by atoms with Gasteiger partial charge in [0.1, 0.15) is 0 Å². The average molecular weight is 750 g/mol. The molecule has 0 saturated heterocycles. The molecule has 0 fully saturated rings. The third-order valence-electron chi connectivity index (χ3n) is 10.6. The molecule has 0 bridgehead atoms. The van der Waals surface area contributed by atoms with Gasteiger partial charge >= 0.3 is 0 Å². The van der Waals surface area contributed by atoms with Crippen LogP contribution in [0.5, 0.6) is 0 Å². The van der Waals surface area contributed by atoms with Gasteiger partial charge in [-0.05, 0) is 52.1 Å². The molecule has 3 nitrogen and oxygen atoms in total. The van der Waals surface area contributed by atoms with Crippen LogP contribution in [0.1, 0.15) is 0 Å². The average Bonchev–Trinajstić information content (AvgIpc) is 3.85. The first-order chi connectivity index (χ1) is 27.7. The van der Waals surface area contributed by atoms with E-state index in [1.54, 1.807) is 0 Å². The molecule has 0 N–H and O–H groups in total. The molecule has 11 aromatic rings. The molecule has 3 aromatic heterocycles. The van der Waals surface area contributed by atoms with Crippen LogP contribution in [0.2, 0.25) is 0 Å². The van der Waals surface area contributed by atoms with Crippen molar-refractivity contribution in [2.45, 2.75) is 0 Å². The SMILES string of the molecule is c1ccc(-c2ccc(-c3nc(-c4ccccc4)nc(-c4ccc5c(c4)sc4c(-c6ccccc6-c6ccc7sc8ccccc8c7c6)cccc45)n3)cc2)cc1. The van der Waals surface area contributed by atoms with Gasteiger partial charge < -0.3 is 0 Å². The molecular formula is C51H31N3S2. The minimum atomic E-state index is 0.650. The Morgan fingerprint density at radius 3 is 1.57 bits per heavy atom. The minimum Gasteiger partial charge on any atom is -0.208 e. The summed E-state index contributed by atoms with van der Waals surface area (Å²) in [6, 6.07) is 66.9. The molecule has 56 heavy (non-hydrogen) atoms. The van der Waals surface area contributed by atoms with E-state index in [4.69, 9.17) is 15.0 Å². The maximum absolute atomic E-state index is 5.09. The molecule has 0 spiro atoms.